The molecule has 1 amide bonds. The van der Waals surface area contributed by atoms with Gasteiger partial charge in [0.1, 0.15) is 11.6 Å². The van der Waals surface area contributed by atoms with Crippen LogP contribution in [-0.2, 0) is 11.3 Å². The van der Waals surface area contributed by atoms with Gasteiger partial charge in [-0.1, -0.05) is 32.1 Å². The molecule has 0 fully saturated rings. The summed E-state index contributed by atoms with van der Waals surface area (Å²) in [5.41, 5.74) is 2.65. The number of hydrogen-bond acceptors (Lipinski definition) is 6. The molecule has 3 aromatic rings. The Morgan fingerprint density at radius 1 is 1.11 bits per heavy atom. The summed E-state index contributed by atoms with van der Waals surface area (Å²) in [6.07, 6.45) is -0.0587. The third-order valence-corrected chi connectivity index (χ3v) is 5.84. The van der Waals surface area contributed by atoms with Gasteiger partial charge in [-0.3, -0.25) is 9.59 Å². The fourth-order valence-corrected chi connectivity index (χ4v) is 3.97. The second kappa shape index (κ2) is 13.0. The van der Waals surface area contributed by atoms with Crippen molar-refractivity contribution in [2.75, 3.05) is 7.11 Å². The zero-order valence-electron chi connectivity index (χ0n) is 21.5. The average Bonchev–Trinajstić information content (AvgIpc) is 3.26. The van der Waals surface area contributed by atoms with E-state index in [4.69, 9.17) is 9.84 Å². The quantitative estimate of drug-likeness (QED) is 0.283. The van der Waals surface area contributed by atoms with Crippen LogP contribution in [0.2, 0.25) is 0 Å². The van der Waals surface area contributed by atoms with E-state index in [0.717, 1.165) is 5.56 Å². The number of aromatic nitrogens is 2. The molecule has 9 nitrogen and oxygen atoms in total. The van der Waals surface area contributed by atoms with Gasteiger partial charge in [0.05, 0.1) is 37.1 Å². The molecular formula is C28H32FN3O6. The van der Waals surface area contributed by atoms with Crippen molar-refractivity contribution in [2.24, 2.45) is 0 Å². The smallest absolute Gasteiger partial charge is 0.305 e. The monoisotopic (exact) mass is 525 g/mol. The molecule has 4 N–H and O–H groups in total. The van der Waals surface area contributed by atoms with Crippen LogP contribution in [-0.4, -0.2) is 56.3 Å². The predicted octanol–water partition coefficient (Wildman–Crippen LogP) is 3.67. The third kappa shape index (κ3) is 7.50. The molecule has 0 radical (unpaired) electrons. The Labute approximate surface area is 220 Å². The first-order chi connectivity index (χ1) is 18.1. The summed E-state index contributed by atoms with van der Waals surface area (Å²) >= 11 is 0. The molecule has 38 heavy (non-hydrogen) atoms. The maximum absolute atomic E-state index is 13.6. The molecule has 0 unspecified atom stereocenters. The highest BCUT2D eigenvalue weighted by molar-refractivity contribution is 5.95. The molecule has 0 spiro atoms. The summed E-state index contributed by atoms with van der Waals surface area (Å²) in [6, 6.07) is 12.9. The fourth-order valence-electron chi connectivity index (χ4n) is 3.97. The number of nitrogens with one attached hydrogen (secondary N) is 1. The number of hydrogen-bond donors (Lipinski definition) is 4. The van der Waals surface area contributed by atoms with E-state index in [1.54, 1.807) is 25.3 Å². The zero-order valence-corrected chi connectivity index (χ0v) is 21.5. The van der Waals surface area contributed by atoms with Crippen molar-refractivity contribution in [3.8, 4) is 11.4 Å². The van der Waals surface area contributed by atoms with Crippen molar-refractivity contribution in [3.63, 3.8) is 0 Å². The van der Waals surface area contributed by atoms with Crippen LogP contribution >= 0.6 is 0 Å². The van der Waals surface area contributed by atoms with E-state index in [9.17, 15) is 24.2 Å². The number of carbonyl (C=O) groups excluding carboxylic acids is 1. The summed E-state index contributed by atoms with van der Waals surface area (Å²) in [5.74, 6) is -1.45. The molecule has 0 aliphatic rings. The summed E-state index contributed by atoms with van der Waals surface area (Å²) in [7, 11) is 1.57. The minimum Gasteiger partial charge on any atom is -0.497 e. The minimum atomic E-state index is -1.22. The van der Waals surface area contributed by atoms with E-state index < -0.39 is 36.3 Å². The normalized spacial score (nSPS) is 13.0. The van der Waals surface area contributed by atoms with Gasteiger partial charge in [-0.2, -0.15) is 5.10 Å². The molecule has 0 saturated carbocycles. The number of rotatable bonds is 12. The number of carboxylic acids is 1. The molecule has 0 bridgehead atoms. The lowest BCUT2D eigenvalue weighted by Gasteiger charge is -2.12. The highest BCUT2D eigenvalue weighted by Crippen LogP contribution is 2.28. The first kappa shape index (κ1) is 28.5. The summed E-state index contributed by atoms with van der Waals surface area (Å²) in [4.78, 5) is 24.1. The van der Waals surface area contributed by atoms with Gasteiger partial charge >= 0.3 is 5.97 Å². The second-order valence-electron chi connectivity index (χ2n) is 9.14. The second-order valence-corrected chi connectivity index (χ2v) is 9.14. The van der Waals surface area contributed by atoms with Gasteiger partial charge in [-0.15, -0.1) is 0 Å². The van der Waals surface area contributed by atoms with Gasteiger partial charge < -0.3 is 25.4 Å². The number of carbonyl (C=O) groups is 2. The van der Waals surface area contributed by atoms with Crippen molar-refractivity contribution >= 4 is 18.0 Å². The lowest BCUT2D eigenvalue weighted by molar-refractivity contribution is -0.139. The van der Waals surface area contributed by atoms with Crippen LogP contribution in [0.5, 0.6) is 5.75 Å². The number of aliphatic carboxylic acids is 1. The topological polar surface area (TPSA) is 134 Å². The number of benzene rings is 2. The van der Waals surface area contributed by atoms with Crippen molar-refractivity contribution < 1.29 is 34.0 Å². The number of methoxy groups -OCH3 is 1. The van der Waals surface area contributed by atoms with Crippen LogP contribution in [0.1, 0.15) is 59.9 Å². The Kier molecular flexibility index (Phi) is 9.75. The molecule has 10 heteroatoms. The number of aliphatic hydroxyl groups is 2. The predicted molar refractivity (Wildman–Crippen MR) is 140 cm³/mol. The van der Waals surface area contributed by atoms with E-state index >= 15 is 0 Å². The van der Waals surface area contributed by atoms with Crippen molar-refractivity contribution in [1.29, 1.82) is 0 Å². The molecule has 202 valence electrons. The number of nitrogens with zero attached hydrogens (tertiary/aromatic N) is 2. The van der Waals surface area contributed by atoms with Gasteiger partial charge in [-0.05, 0) is 54.0 Å². The molecule has 1 heterocycles. The Morgan fingerprint density at radius 3 is 2.34 bits per heavy atom. The van der Waals surface area contributed by atoms with Gasteiger partial charge in [0.15, 0.2) is 5.69 Å². The van der Waals surface area contributed by atoms with Crippen LogP contribution in [0, 0.1) is 5.82 Å². The molecule has 3 rings (SSSR count). The Hall–Kier alpha value is -4.02. The highest BCUT2D eigenvalue weighted by Gasteiger charge is 2.25. The number of carboxylic acid groups (broad SMARTS) is 1. The minimum absolute atomic E-state index is 0.152. The molecule has 2 atom stereocenters. The van der Waals surface area contributed by atoms with E-state index in [2.05, 4.69) is 10.4 Å². The number of aliphatic hydroxyl groups excluding tert-OH is 2. The fraction of sp³-hybridized carbons (Fsp3) is 0.321. The van der Waals surface area contributed by atoms with Crippen molar-refractivity contribution in [1.82, 2.24) is 15.1 Å². The maximum atomic E-state index is 13.6. The van der Waals surface area contributed by atoms with E-state index in [1.807, 2.05) is 26.0 Å². The zero-order chi connectivity index (χ0) is 27.8. The van der Waals surface area contributed by atoms with Gasteiger partial charge in [-0.25, -0.2) is 9.07 Å². The number of ether oxygens (including phenoxy) is 1. The first-order valence-electron chi connectivity index (χ1n) is 12.1. The largest absolute Gasteiger partial charge is 0.497 e. The molecule has 0 saturated heterocycles. The maximum Gasteiger partial charge on any atom is 0.305 e. The van der Waals surface area contributed by atoms with E-state index in [0.29, 0.717) is 22.7 Å². The summed E-state index contributed by atoms with van der Waals surface area (Å²) in [5, 5.41) is 36.5. The number of amides is 1. The van der Waals surface area contributed by atoms with Gasteiger partial charge in [0, 0.05) is 18.5 Å². The van der Waals surface area contributed by atoms with E-state index in [1.165, 1.54) is 35.0 Å². The lowest BCUT2D eigenvalue weighted by atomic mass is 9.98. The highest BCUT2D eigenvalue weighted by atomic mass is 19.1. The van der Waals surface area contributed by atoms with E-state index in [-0.39, 0.29) is 24.6 Å². The third-order valence-electron chi connectivity index (χ3n) is 5.84. The molecular weight excluding hydrogens is 493 g/mol. The van der Waals surface area contributed by atoms with Gasteiger partial charge in [0.2, 0.25) is 0 Å². The summed E-state index contributed by atoms with van der Waals surface area (Å²) < 4.78 is 20.3. The summed E-state index contributed by atoms with van der Waals surface area (Å²) in [6.45, 7) is 4.06. The molecule has 1 aromatic heterocycles. The van der Waals surface area contributed by atoms with Crippen molar-refractivity contribution in [3.05, 3.63) is 82.9 Å². The molecule has 2 aromatic carbocycles. The lowest BCUT2D eigenvalue weighted by Crippen LogP contribution is -2.24. The van der Waals surface area contributed by atoms with Crippen LogP contribution in [0.15, 0.2) is 54.6 Å². The van der Waals surface area contributed by atoms with Crippen LogP contribution in [0.4, 0.5) is 4.39 Å². The van der Waals surface area contributed by atoms with Crippen LogP contribution in [0.25, 0.3) is 11.8 Å². The van der Waals surface area contributed by atoms with Crippen LogP contribution < -0.4 is 10.1 Å². The van der Waals surface area contributed by atoms with Crippen molar-refractivity contribution in [2.45, 2.75) is 51.4 Å². The molecule has 0 aliphatic heterocycles. The Balaban J connectivity index is 1.95. The molecule has 0 aliphatic carbocycles. The number of halogens is 1. The Bertz CT molecular complexity index is 1270. The SMILES string of the molecule is COc1ccc(CNC(=O)c2nn(-c3ccc(F)cc3)c(C=C[C@@H](O)C[C@@H](O)CC(=O)O)c2C(C)C)cc1. The average molecular weight is 526 g/mol. The first-order valence-corrected chi connectivity index (χ1v) is 12.1. The van der Waals surface area contributed by atoms with Crippen LogP contribution in [0.3, 0.4) is 0 Å². The Morgan fingerprint density at radius 2 is 1.76 bits per heavy atom. The van der Waals surface area contributed by atoms with Gasteiger partial charge in [0.25, 0.3) is 5.91 Å². The standard InChI is InChI=1S/C28H32FN3O6/c1-17(2)26-24(13-10-21(33)14-22(34)15-25(35)36)32(20-8-6-19(29)7-9-20)31-27(26)28(37)30-16-18-4-11-23(38-3)12-5-18/h4-13,17,21-22,33-34H,14-16H2,1-3H3,(H,30,37)(H,35,36)/t21-,22-/m1/s1.